The minimum absolute atomic E-state index is 0.0775. The lowest BCUT2D eigenvalue weighted by Gasteiger charge is -2.36. The second-order valence-corrected chi connectivity index (χ2v) is 12.3. The number of nitrogens with two attached hydrogens (primary N) is 1. The molecule has 2 saturated heterocycles. The molecule has 0 unspecified atom stereocenters. The van der Waals surface area contributed by atoms with E-state index >= 15 is 0 Å². The molecule has 0 radical (unpaired) electrons. The van der Waals surface area contributed by atoms with Gasteiger partial charge in [-0.15, -0.1) is 0 Å². The highest BCUT2D eigenvalue weighted by Gasteiger charge is 2.41. The maximum Gasteiger partial charge on any atom is 0.203 e. The van der Waals surface area contributed by atoms with Crippen molar-refractivity contribution in [2.45, 2.75) is 68.8 Å². The summed E-state index contributed by atoms with van der Waals surface area (Å²) in [4.78, 5) is 8.66. The van der Waals surface area contributed by atoms with Crippen LogP contribution in [0.25, 0.3) is 22.1 Å². The number of aliphatic hydroxyl groups excluding tert-OH is 6. The Morgan fingerprint density at radius 1 is 0.837 bits per heavy atom. The summed E-state index contributed by atoms with van der Waals surface area (Å²) in [6.45, 7) is 3.95. The number of fused-ring (bicyclic) bond motifs is 2. The number of benzene rings is 2. The van der Waals surface area contributed by atoms with Crippen LogP contribution >= 0.6 is 39.1 Å². The van der Waals surface area contributed by atoms with E-state index in [4.69, 9.17) is 38.4 Å². The summed E-state index contributed by atoms with van der Waals surface area (Å²) in [5.41, 5.74) is 9.70. The van der Waals surface area contributed by atoms with Crippen LogP contribution in [0.3, 0.4) is 0 Å². The molecule has 8 atom stereocenters. The summed E-state index contributed by atoms with van der Waals surface area (Å²) in [6, 6.07) is 8.93. The lowest BCUT2D eigenvalue weighted by Crippen LogP contribution is -2.50. The first-order valence-electron chi connectivity index (χ1n) is 13.4. The number of rotatable bonds is 3. The molecule has 0 amide bonds. The Balaban J connectivity index is 0.000000171. The van der Waals surface area contributed by atoms with E-state index in [1.807, 2.05) is 18.2 Å². The number of nitrogen functional groups attached to an aromatic ring is 1. The van der Waals surface area contributed by atoms with Gasteiger partial charge in [0.15, 0.2) is 17.2 Å². The summed E-state index contributed by atoms with van der Waals surface area (Å²) >= 11 is 15.3. The number of anilines is 1. The molecule has 0 bridgehead atoms. The van der Waals surface area contributed by atoms with E-state index in [1.54, 1.807) is 21.3 Å². The fourth-order valence-electron chi connectivity index (χ4n) is 5.23. The van der Waals surface area contributed by atoms with Crippen molar-refractivity contribution in [3.63, 3.8) is 0 Å². The largest absolute Gasteiger partial charge is 0.388 e. The maximum absolute atomic E-state index is 10.2. The van der Waals surface area contributed by atoms with Crippen molar-refractivity contribution in [3.8, 4) is 0 Å². The van der Waals surface area contributed by atoms with Gasteiger partial charge in [0.2, 0.25) is 5.95 Å². The van der Waals surface area contributed by atoms with E-state index in [1.165, 1.54) is 0 Å². The average Bonchev–Trinajstić information content (AvgIpc) is 3.46. The van der Waals surface area contributed by atoms with Gasteiger partial charge in [-0.3, -0.25) is 9.13 Å². The Kier molecular flexibility index (Phi) is 9.57. The predicted molar refractivity (Wildman–Crippen MR) is 162 cm³/mol. The first-order chi connectivity index (χ1) is 20.3. The third-order valence-electron chi connectivity index (χ3n) is 7.55. The van der Waals surface area contributed by atoms with Gasteiger partial charge in [-0.2, -0.15) is 0 Å². The first kappa shape index (κ1) is 32.3. The van der Waals surface area contributed by atoms with Gasteiger partial charge in [0.05, 0.1) is 45.3 Å². The molecule has 13 nitrogen and oxygen atoms in total. The molecular formula is C27H32BrCl2N5O8. The SMILES string of the molecule is CC(C)c1cccc2c1nc(N)n2[C@@H]1OC[C@@H](O)[C@@H](O)[C@H]1O.O[C@@H]1[C@H](O)[C@H](O)CO[C@H]1n1c(Br)nc2cc(Cl)c(Cl)cc21. The van der Waals surface area contributed by atoms with Crippen LogP contribution in [0.5, 0.6) is 0 Å². The molecule has 2 aliphatic heterocycles. The van der Waals surface area contributed by atoms with Gasteiger partial charge in [-0.05, 0) is 45.6 Å². The van der Waals surface area contributed by atoms with Crippen LogP contribution in [0.15, 0.2) is 35.1 Å². The molecule has 2 aromatic carbocycles. The summed E-state index contributed by atoms with van der Waals surface area (Å²) in [5.74, 6) is 0.479. The molecule has 6 rings (SSSR count). The Morgan fingerprint density at radius 2 is 1.40 bits per heavy atom. The third-order valence-corrected chi connectivity index (χ3v) is 8.83. The van der Waals surface area contributed by atoms with E-state index in [0.29, 0.717) is 25.8 Å². The first-order valence-corrected chi connectivity index (χ1v) is 15.0. The molecule has 0 spiro atoms. The standard InChI is InChI=1S/C15H21N3O4.C12H11BrCl2N2O4/c1-7(2)8-4-3-5-9-11(8)17-15(16)18(9)14-13(21)12(20)10(19)6-22-14;13-12-16-6-1-4(14)5(15)2-7(6)17(12)11-10(20)9(19)8(18)3-21-11/h3-5,7,10,12-14,19-21H,6H2,1-2H3,(H2,16,17);1-2,8-11,18-20H,3H2/t10-,12-,13-,14-;8-,9-,10-,11-/m11/s1. The Hall–Kier alpha value is -2.08. The zero-order valence-corrected chi connectivity index (χ0v) is 26.1. The zero-order chi connectivity index (χ0) is 31.3. The van der Waals surface area contributed by atoms with Crippen molar-refractivity contribution >= 4 is 67.1 Å². The van der Waals surface area contributed by atoms with Crippen molar-refractivity contribution in [1.82, 2.24) is 19.1 Å². The van der Waals surface area contributed by atoms with Crippen molar-refractivity contribution in [1.29, 1.82) is 0 Å². The minimum Gasteiger partial charge on any atom is -0.388 e. The molecule has 2 fully saturated rings. The predicted octanol–water partition coefficient (Wildman–Crippen LogP) is 2.07. The van der Waals surface area contributed by atoms with E-state index < -0.39 is 49.1 Å². The Bertz CT molecular complexity index is 1620. The fraction of sp³-hybridized carbons (Fsp3) is 0.481. The number of ether oxygens (including phenoxy) is 2. The van der Waals surface area contributed by atoms with E-state index in [0.717, 1.165) is 16.6 Å². The minimum atomic E-state index is -1.31. The van der Waals surface area contributed by atoms with Crippen LogP contribution in [0.4, 0.5) is 5.95 Å². The topological polar surface area (TPSA) is 202 Å². The number of hydrogen-bond acceptors (Lipinski definition) is 11. The summed E-state index contributed by atoms with van der Waals surface area (Å²) in [5, 5.41) is 59.8. The Labute approximate surface area is 264 Å². The average molecular weight is 705 g/mol. The number of aliphatic hydroxyl groups is 6. The lowest BCUT2D eigenvalue weighted by molar-refractivity contribution is -0.210. The number of nitrogens with zero attached hydrogens (tertiary/aromatic N) is 4. The molecule has 2 aliphatic rings. The van der Waals surface area contributed by atoms with Crippen LogP contribution in [0.2, 0.25) is 10.0 Å². The smallest absolute Gasteiger partial charge is 0.203 e. The number of para-hydroxylation sites is 1. The normalized spacial score (nSPS) is 29.7. The van der Waals surface area contributed by atoms with Crippen LogP contribution in [0.1, 0.15) is 37.8 Å². The van der Waals surface area contributed by atoms with Crippen molar-refractivity contribution in [2.24, 2.45) is 0 Å². The molecule has 0 saturated carbocycles. The van der Waals surface area contributed by atoms with Gasteiger partial charge >= 0.3 is 0 Å². The van der Waals surface area contributed by atoms with Crippen molar-refractivity contribution in [3.05, 3.63) is 50.7 Å². The van der Waals surface area contributed by atoms with Gasteiger partial charge in [0.25, 0.3) is 0 Å². The number of halogens is 3. The maximum atomic E-state index is 10.2. The van der Waals surface area contributed by atoms with Gasteiger partial charge in [-0.1, -0.05) is 49.2 Å². The van der Waals surface area contributed by atoms with Gasteiger partial charge in [-0.25, -0.2) is 9.97 Å². The molecule has 16 heteroatoms. The number of hydrogen-bond donors (Lipinski definition) is 7. The van der Waals surface area contributed by atoms with Gasteiger partial charge in [0.1, 0.15) is 36.6 Å². The highest BCUT2D eigenvalue weighted by atomic mass is 79.9. The zero-order valence-electron chi connectivity index (χ0n) is 23.0. The molecule has 2 aromatic heterocycles. The van der Waals surface area contributed by atoms with Crippen LogP contribution in [-0.2, 0) is 9.47 Å². The monoisotopic (exact) mass is 703 g/mol. The van der Waals surface area contributed by atoms with Crippen molar-refractivity contribution in [2.75, 3.05) is 18.9 Å². The molecular weight excluding hydrogens is 673 g/mol. The second kappa shape index (κ2) is 12.7. The van der Waals surface area contributed by atoms with Gasteiger partial charge < -0.3 is 45.8 Å². The molecule has 4 aromatic rings. The highest BCUT2D eigenvalue weighted by molar-refractivity contribution is 9.10. The molecule has 4 heterocycles. The van der Waals surface area contributed by atoms with Crippen molar-refractivity contribution < 1.29 is 40.1 Å². The van der Waals surface area contributed by atoms with Crippen LogP contribution < -0.4 is 5.73 Å². The summed E-state index contributed by atoms with van der Waals surface area (Å²) < 4.78 is 14.4. The summed E-state index contributed by atoms with van der Waals surface area (Å²) in [7, 11) is 0. The third kappa shape index (κ3) is 5.99. The van der Waals surface area contributed by atoms with E-state index in [2.05, 4.69) is 39.7 Å². The molecule has 0 aliphatic carbocycles. The highest BCUT2D eigenvalue weighted by Crippen LogP contribution is 2.36. The van der Waals surface area contributed by atoms with E-state index in [-0.39, 0.29) is 25.1 Å². The van der Waals surface area contributed by atoms with Gasteiger partial charge in [0, 0.05) is 0 Å². The Morgan fingerprint density at radius 3 is 1.98 bits per heavy atom. The molecule has 43 heavy (non-hydrogen) atoms. The lowest BCUT2D eigenvalue weighted by atomic mass is 10.0. The number of imidazole rings is 2. The second-order valence-electron chi connectivity index (χ2n) is 10.8. The molecule has 8 N–H and O–H groups in total. The fourth-order valence-corrected chi connectivity index (χ4v) is 6.13. The number of aromatic nitrogens is 4. The summed E-state index contributed by atoms with van der Waals surface area (Å²) in [6.07, 6.45) is -9.23. The molecule has 234 valence electrons. The van der Waals surface area contributed by atoms with E-state index in [9.17, 15) is 30.6 Å². The van der Waals surface area contributed by atoms with Crippen LogP contribution in [-0.4, -0.2) is 99.6 Å². The quantitative estimate of drug-likeness (QED) is 0.165. The van der Waals surface area contributed by atoms with Crippen LogP contribution in [0, 0.1) is 0 Å².